The van der Waals surface area contributed by atoms with Crippen molar-refractivity contribution in [3.05, 3.63) is 27.9 Å². The standard InChI is InChI=1S/C20H24Cl2N6O4.ClH/c1-27-18-10(6-24-19(26-18)25-11-4-12(9-29)23-7-11)8-28(20(27)30)17-15(21)13(31-2)5-14(32-3)16(17)22;/h5-6,11-12,23,29H,4,7-9H2,1-3H3,(H,24,25,26);1H/t11-,12-;/m0./s1. The first-order valence-electron chi connectivity index (χ1n) is 9.99. The van der Waals surface area contributed by atoms with Crippen LogP contribution in [0.2, 0.25) is 10.0 Å². The highest BCUT2D eigenvalue weighted by molar-refractivity contribution is 6.42. The highest BCUT2D eigenvalue weighted by Crippen LogP contribution is 2.47. The molecular weight excluding hydrogens is 495 g/mol. The van der Waals surface area contributed by atoms with Crippen LogP contribution in [0.5, 0.6) is 11.5 Å². The average Bonchev–Trinajstić information content (AvgIpc) is 3.25. The van der Waals surface area contributed by atoms with Gasteiger partial charge in [0.05, 0.1) is 33.1 Å². The number of nitrogens with zero attached hydrogens (tertiary/aromatic N) is 4. The molecular formula is C20H25Cl3N6O4. The topological polar surface area (TPSA) is 112 Å². The third-order valence-corrected chi connectivity index (χ3v) is 6.33. The molecule has 4 rings (SSSR count). The number of benzene rings is 1. The largest absolute Gasteiger partial charge is 0.495 e. The Kier molecular flexibility index (Phi) is 7.96. The fourth-order valence-corrected chi connectivity index (χ4v) is 4.62. The number of aliphatic hydroxyl groups is 1. The van der Waals surface area contributed by atoms with Crippen molar-refractivity contribution < 1.29 is 19.4 Å². The van der Waals surface area contributed by atoms with Crippen molar-refractivity contribution >= 4 is 59.1 Å². The molecule has 0 radical (unpaired) electrons. The third kappa shape index (κ3) is 4.71. The van der Waals surface area contributed by atoms with Crippen LogP contribution in [0.1, 0.15) is 12.0 Å². The molecule has 1 aromatic heterocycles. The minimum absolute atomic E-state index is 0. The molecule has 0 spiro atoms. The lowest BCUT2D eigenvalue weighted by Crippen LogP contribution is -2.46. The lowest BCUT2D eigenvalue weighted by Gasteiger charge is -2.35. The molecule has 33 heavy (non-hydrogen) atoms. The van der Waals surface area contributed by atoms with Crippen LogP contribution in [-0.2, 0) is 6.54 Å². The van der Waals surface area contributed by atoms with Crippen molar-refractivity contribution in [2.45, 2.75) is 25.0 Å². The number of rotatable bonds is 6. The number of nitrogens with one attached hydrogen (secondary N) is 2. The molecule has 2 aliphatic rings. The molecule has 3 N–H and O–H groups in total. The van der Waals surface area contributed by atoms with Gasteiger partial charge in [-0.1, -0.05) is 23.2 Å². The Morgan fingerprint density at radius 1 is 1.27 bits per heavy atom. The Labute approximate surface area is 207 Å². The highest BCUT2D eigenvalue weighted by Gasteiger charge is 2.35. The van der Waals surface area contributed by atoms with Gasteiger partial charge in [-0.15, -0.1) is 12.4 Å². The molecule has 2 aromatic rings. The SMILES string of the molecule is COc1cc(OC)c(Cl)c(N2Cc3cnc(N[C@@H]4CN[C@H](CO)C4)nc3N(C)C2=O)c1Cl.Cl. The van der Waals surface area contributed by atoms with Crippen molar-refractivity contribution in [2.24, 2.45) is 0 Å². The van der Waals surface area contributed by atoms with Crippen molar-refractivity contribution in [1.29, 1.82) is 0 Å². The monoisotopic (exact) mass is 518 g/mol. The normalized spacial score (nSPS) is 19.8. The Morgan fingerprint density at radius 3 is 2.52 bits per heavy atom. The van der Waals surface area contributed by atoms with E-state index in [-0.39, 0.29) is 53.7 Å². The van der Waals surface area contributed by atoms with Gasteiger partial charge >= 0.3 is 6.03 Å². The zero-order valence-corrected chi connectivity index (χ0v) is 20.6. The van der Waals surface area contributed by atoms with Crippen molar-refractivity contribution in [3.8, 4) is 11.5 Å². The molecule has 0 aliphatic carbocycles. The van der Waals surface area contributed by atoms with E-state index in [1.807, 2.05) is 0 Å². The lowest BCUT2D eigenvalue weighted by atomic mass is 10.1. The summed E-state index contributed by atoms with van der Waals surface area (Å²) < 4.78 is 10.6. The summed E-state index contributed by atoms with van der Waals surface area (Å²) in [6, 6.07) is 1.36. The number of amides is 2. The molecule has 2 amide bonds. The van der Waals surface area contributed by atoms with Crippen LogP contribution in [0.4, 0.5) is 22.2 Å². The van der Waals surface area contributed by atoms with Crippen LogP contribution < -0.4 is 29.9 Å². The molecule has 13 heteroatoms. The molecule has 0 unspecified atom stereocenters. The van der Waals surface area contributed by atoms with Crippen molar-refractivity contribution in [3.63, 3.8) is 0 Å². The summed E-state index contributed by atoms with van der Waals surface area (Å²) >= 11 is 13.0. The Balaban J connectivity index is 0.00000306. The van der Waals surface area contributed by atoms with Gasteiger partial charge < -0.3 is 25.2 Å². The summed E-state index contributed by atoms with van der Waals surface area (Å²) in [5.41, 5.74) is 1.02. The van der Waals surface area contributed by atoms with E-state index in [1.165, 1.54) is 24.0 Å². The van der Waals surface area contributed by atoms with Gasteiger partial charge in [-0.05, 0) is 6.42 Å². The third-order valence-electron chi connectivity index (χ3n) is 5.60. The van der Waals surface area contributed by atoms with Crippen LogP contribution >= 0.6 is 35.6 Å². The molecule has 10 nitrogen and oxygen atoms in total. The molecule has 1 fully saturated rings. The summed E-state index contributed by atoms with van der Waals surface area (Å²) in [5, 5.41) is 16.2. The molecule has 180 valence electrons. The fourth-order valence-electron chi connectivity index (χ4n) is 3.91. The molecule has 2 atom stereocenters. The zero-order chi connectivity index (χ0) is 23.0. The number of anilines is 3. The summed E-state index contributed by atoms with van der Waals surface area (Å²) in [6.45, 7) is 0.950. The van der Waals surface area contributed by atoms with Gasteiger partial charge in [0.15, 0.2) is 0 Å². The van der Waals surface area contributed by atoms with E-state index in [2.05, 4.69) is 20.6 Å². The number of methoxy groups -OCH3 is 2. The quantitative estimate of drug-likeness (QED) is 0.534. The van der Waals surface area contributed by atoms with E-state index in [9.17, 15) is 9.90 Å². The number of urea groups is 1. The number of carbonyl (C=O) groups excluding carboxylic acids is 1. The molecule has 0 bridgehead atoms. The van der Waals surface area contributed by atoms with Gasteiger partial charge in [0, 0.05) is 43.5 Å². The first-order chi connectivity index (χ1) is 15.4. The van der Waals surface area contributed by atoms with Crippen LogP contribution in [-0.4, -0.2) is 67.6 Å². The maximum absolute atomic E-state index is 13.3. The maximum atomic E-state index is 13.3. The number of hydrogen-bond acceptors (Lipinski definition) is 8. The Hall–Kier alpha value is -2.24. The molecule has 3 heterocycles. The van der Waals surface area contributed by atoms with Crippen molar-refractivity contribution in [1.82, 2.24) is 15.3 Å². The second-order valence-electron chi connectivity index (χ2n) is 7.59. The Morgan fingerprint density at radius 2 is 1.94 bits per heavy atom. The van der Waals surface area contributed by atoms with E-state index in [4.69, 9.17) is 32.7 Å². The average molecular weight is 520 g/mol. The molecule has 1 aromatic carbocycles. The number of aromatic nitrogens is 2. The van der Waals surface area contributed by atoms with E-state index in [0.29, 0.717) is 35.5 Å². The fraction of sp³-hybridized carbons (Fsp3) is 0.450. The van der Waals surface area contributed by atoms with Crippen LogP contribution in [0.25, 0.3) is 0 Å². The van der Waals surface area contributed by atoms with Crippen molar-refractivity contribution in [2.75, 3.05) is 49.5 Å². The van der Waals surface area contributed by atoms with Gasteiger partial charge in [0.2, 0.25) is 5.95 Å². The minimum atomic E-state index is -0.357. The van der Waals surface area contributed by atoms with E-state index in [1.54, 1.807) is 19.3 Å². The van der Waals surface area contributed by atoms with Crippen LogP contribution in [0.3, 0.4) is 0 Å². The molecule has 1 saturated heterocycles. The second kappa shape index (κ2) is 10.4. The van der Waals surface area contributed by atoms with Gasteiger partial charge in [-0.2, -0.15) is 4.98 Å². The minimum Gasteiger partial charge on any atom is -0.495 e. The first-order valence-corrected chi connectivity index (χ1v) is 10.7. The van der Waals surface area contributed by atoms with Crippen LogP contribution in [0.15, 0.2) is 12.3 Å². The van der Waals surface area contributed by atoms with Gasteiger partial charge in [-0.3, -0.25) is 9.80 Å². The summed E-state index contributed by atoms with van der Waals surface area (Å²) in [5.74, 6) is 1.59. The number of hydrogen-bond donors (Lipinski definition) is 3. The van der Waals surface area contributed by atoms with Gasteiger partial charge in [0.1, 0.15) is 27.4 Å². The smallest absolute Gasteiger partial charge is 0.330 e. The lowest BCUT2D eigenvalue weighted by molar-refractivity contribution is 0.251. The highest BCUT2D eigenvalue weighted by atomic mass is 35.5. The number of halogens is 3. The van der Waals surface area contributed by atoms with E-state index >= 15 is 0 Å². The summed E-state index contributed by atoms with van der Waals surface area (Å²) in [4.78, 5) is 25.1. The summed E-state index contributed by atoms with van der Waals surface area (Å²) in [7, 11) is 4.58. The Bertz CT molecular complexity index is 1020. The van der Waals surface area contributed by atoms with Gasteiger partial charge in [-0.25, -0.2) is 9.78 Å². The predicted molar refractivity (Wildman–Crippen MR) is 130 cm³/mol. The first kappa shape index (κ1) is 25.4. The molecule has 0 saturated carbocycles. The van der Waals surface area contributed by atoms with E-state index < -0.39 is 0 Å². The number of ether oxygens (including phenoxy) is 2. The van der Waals surface area contributed by atoms with E-state index in [0.717, 1.165) is 12.0 Å². The maximum Gasteiger partial charge on any atom is 0.330 e. The molecule has 2 aliphatic heterocycles. The van der Waals surface area contributed by atoms with Gasteiger partial charge in [0.25, 0.3) is 0 Å². The number of aliphatic hydroxyl groups excluding tert-OH is 1. The summed E-state index contributed by atoms with van der Waals surface area (Å²) in [6.07, 6.45) is 2.43. The van der Waals surface area contributed by atoms with Crippen LogP contribution in [0, 0.1) is 0 Å². The number of carbonyl (C=O) groups is 1. The number of fused-ring (bicyclic) bond motifs is 1. The predicted octanol–water partition coefficient (Wildman–Crippen LogP) is 2.93. The second-order valence-corrected chi connectivity index (χ2v) is 8.35. The zero-order valence-electron chi connectivity index (χ0n) is 18.3.